The van der Waals surface area contributed by atoms with Crippen molar-refractivity contribution < 1.29 is 79.5 Å². The summed E-state index contributed by atoms with van der Waals surface area (Å²) in [7, 11) is 0. The molecule has 38 heavy (non-hydrogen) atoms. The summed E-state index contributed by atoms with van der Waals surface area (Å²) in [6.45, 7) is -1.84. The normalized spacial score (nSPS) is 48.2. The smallest absolute Gasteiger partial charge is 0.187 e. The zero-order chi connectivity index (χ0) is 28.1. The Balaban J connectivity index is 1.74. The SMILES string of the molecule is NCCCO[C@@H]1O[C@H](CO)[C@@H](O[C@@H]2O[C@H](CO)[C@H](O)[C@H](O[C@H]3O[C@H](CO)[C@H](O)[C@H](O)[C@H]3O)[C@H]2O)[C@H](O)[C@H]1O. The van der Waals surface area contributed by atoms with Crippen LogP contribution in [0.2, 0.25) is 0 Å². The van der Waals surface area contributed by atoms with Crippen LogP contribution in [0.25, 0.3) is 0 Å². The van der Waals surface area contributed by atoms with Gasteiger partial charge in [0.05, 0.1) is 26.4 Å². The molecule has 0 aromatic rings. The molecule has 15 atom stereocenters. The summed E-state index contributed by atoms with van der Waals surface area (Å²) < 4.78 is 32.6. The molecule has 0 saturated carbocycles. The van der Waals surface area contributed by atoms with Crippen molar-refractivity contribution in [1.29, 1.82) is 0 Å². The van der Waals surface area contributed by atoms with Crippen molar-refractivity contribution in [3.8, 4) is 0 Å². The first-order chi connectivity index (χ1) is 18.1. The van der Waals surface area contributed by atoms with E-state index in [9.17, 15) is 51.1 Å². The van der Waals surface area contributed by atoms with E-state index in [1.807, 2.05) is 0 Å². The second-order valence-corrected chi connectivity index (χ2v) is 9.33. The molecule has 0 bridgehead atoms. The van der Waals surface area contributed by atoms with Gasteiger partial charge >= 0.3 is 0 Å². The molecule has 0 amide bonds. The van der Waals surface area contributed by atoms with Gasteiger partial charge in [-0.1, -0.05) is 0 Å². The third kappa shape index (κ3) is 6.78. The van der Waals surface area contributed by atoms with E-state index < -0.39 is 112 Å². The van der Waals surface area contributed by atoms with Gasteiger partial charge in [-0.15, -0.1) is 0 Å². The lowest BCUT2D eigenvalue weighted by molar-refractivity contribution is -0.380. The molecule has 12 N–H and O–H groups in total. The Morgan fingerprint density at radius 1 is 0.526 bits per heavy atom. The molecular formula is C21H39NO16. The minimum absolute atomic E-state index is 0.103. The van der Waals surface area contributed by atoms with Gasteiger partial charge in [-0.2, -0.15) is 0 Å². The van der Waals surface area contributed by atoms with Crippen LogP contribution in [0, 0.1) is 0 Å². The van der Waals surface area contributed by atoms with Gasteiger partial charge in [0.25, 0.3) is 0 Å². The molecule has 0 aromatic heterocycles. The summed E-state index contributed by atoms with van der Waals surface area (Å²) in [6.07, 6.45) is -23.9. The van der Waals surface area contributed by atoms with Crippen LogP contribution in [0.1, 0.15) is 6.42 Å². The molecule has 3 aliphatic heterocycles. The van der Waals surface area contributed by atoms with Crippen molar-refractivity contribution in [3.05, 3.63) is 0 Å². The monoisotopic (exact) mass is 561 g/mol. The maximum Gasteiger partial charge on any atom is 0.187 e. The maximum atomic E-state index is 10.9. The minimum atomic E-state index is -1.89. The third-order valence-electron chi connectivity index (χ3n) is 6.70. The van der Waals surface area contributed by atoms with Crippen molar-refractivity contribution in [2.45, 2.75) is 98.5 Å². The fourth-order valence-electron chi connectivity index (χ4n) is 4.46. The summed E-state index contributed by atoms with van der Waals surface area (Å²) in [6, 6.07) is 0. The molecule has 0 aromatic carbocycles. The number of rotatable bonds is 11. The van der Waals surface area contributed by atoms with E-state index in [1.165, 1.54) is 0 Å². The lowest BCUT2D eigenvalue weighted by atomic mass is 9.96. The van der Waals surface area contributed by atoms with E-state index in [0.717, 1.165) is 0 Å². The lowest BCUT2D eigenvalue weighted by Crippen LogP contribution is -2.66. The Labute approximate surface area is 217 Å². The molecule has 3 fully saturated rings. The quantitative estimate of drug-likeness (QED) is 0.104. The summed E-state index contributed by atoms with van der Waals surface area (Å²) in [5.41, 5.74) is 5.40. The summed E-state index contributed by atoms with van der Waals surface area (Å²) in [5, 5.41) is 102. The zero-order valence-electron chi connectivity index (χ0n) is 20.4. The van der Waals surface area contributed by atoms with E-state index in [0.29, 0.717) is 13.0 Å². The predicted molar refractivity (Wildman–Crippen MR) is 119 cm³/mol. The second-order valence-electron chi connectivity index (χ2n) is 9.33. The molecular weight excluding hydrogens is 522 g/mol. The van der Waals surface area contributed by atoms with E-state index in [1.54, 1.807) is 0 Å². The first-order valence-corrected chi connectivity index (χ1v) is 12.3. The fraction of sp³-hybridized carbons (Fsp3) is 1.00. The number of hydrogen-bond acceptors (Lipinski definition) is 17. The molecule has 3 saturated heterocycles. The van der Waals surface area contributed by atoms with Crippen LogP contribution in [0.4, 0.5) is 0 Å². The van der Waals surface area contributed by atoms with Gasteiger partial charge in [-0.05, 0) is 13.0 Å². The second kappa shape index (κ2) is 14.3. The number of hydrogen-bond donors (Lipinski definition) is 11. The number of ether oxygens (including phenoxy) is 6. The standard InChI is InChI=1S/C21H39NO16/c22-2-1-3-33-19-15(31)13(29)17(9(6-25)36-19)37-21-16(32)18(11(27)8(5-24)35-21)38-20-14(30)12(28)10(26)7(4-23)34-20/h7-21,23-32H,1-6,22H2/t7-,8-,9-,10+,11+,12+,13-,14-,15-,16-,17-,18+,19-,20-,21+/m1/s1. The Kier molecular flexibility index (Phi) is 12.0. The predicted octanol–water partition coefficient (Wildman–Crippen LogP) is -7.20. The molecule has 3 heterocycles. The molecule has 0 radical (unpaired) electrons. The Morgan fingerprint density at radius 3 is 1.61 bits per heavy atom. The van der Waals surface area contributed by atoms with Crippen molar-refractivity contribution in [2.24, 2.45) is 5.73 Å². The van der Waals surface area contributed by atoms with E-state index >= 15 is 0 Å². The summed E-state index contributed by atoms with van der Waals surface area (Å²) in [5.74, 6) is 0. The summed E-state index contributed by atoms with van der Waals surface area (Å²) in [4.78, 5) is 0. The van der Waals surface area contributed by atoms with Crippen molar-refractivity contribution in [2.75, 3.05) is 33.0 Å². The van der Waals surface area contributed by atoms with Gasteiger partial charge in [0.1, 0.15) is 73.2 Å². The average Bonchev–Trinajstić information content (AvgIpc) is 2.91. The van der Waals surface area contributed by atoms with Gasteiger partial charge in [0.15, 0.2) is 18.9 Å². The van der Waals surface area contributed by atoms with Crippen LogP contribution in [0.15, 0.2) is 0 Å². The number of aliphatic hydroxyl groups excluding tert-OH is 10. The first kappa shape index (κ1) is 31.8. The lowest BCUT2D eigenvalue weighted by Gasteiger charge is -2.48. The van der Waals surface area contributed by atoms with Gasteiger partial charge in [0.2, 0.25) is 0 Å². The average molecular weight is 562 g/mol. The maximum absolute atomic E-state index is 10.9. The minimum Gasteiger partial charge on any atom is -0.394 e. The fourth-order valence-corrected chi connectivity index (χ4v) is 4.46. The number of aliphatic hydroxyl groups is 10. The van der Waals surface area contributed by atoms with Crippen LogP contribution < -0.4 is 5.73 Å². The van der Waals surface area contributed by atoms with Gasteiger partial charge < -0.3 is 85.2 Å². The van der Waals surface area contributed by atoms with Crippen molar-refractivity contribution in [3.63, 3.8) is 0 Å². The first-order valence-electron chi connectivity index (χ1n) is 12.3. The Hall–Kier alpha value is -0.680. The van der Waals surface area contributed by atoms with Crippen LogP contribution in [0.3, 0.4) is 0 Å². The molecule has 0 aliphatic carbocycles. The van der Waals surface area contributed by atoms with E-state index in [4.69, 9.17) is 34.2 Å². The Morgan fingerprint density at radius 2 is 1.03 bits per heavy atom. The van der Waals surface area contributed by atoms with Crippen LogP contribution in [-0.2, 0) is 28.4 Å². The highest BCUT2D eigenvalue weighted by Crippen LogP contribution is 2.32. The Bertz CT molecular complexity index is 704. The summed E-state index contributed by atoms with van der Waals surface area (Å²) >= 11 is 0. The molecule has 0 spiro atoms. The zero-order valence-corrected chi connectivity index (χ0v) is 20.4. The van der Waals surface area contributed by atoms with Crippen LogP contribution in [-0.4, -0.2) is 176 Å². The third-order valence-corrected chi connectivity index (χ3v) is 6.70. The molecule has 17 nitrogen and oxygen atoms in total. The highest BCUT2D eigenvalue weighted by atomic mass is 16.8. The van der Waals surface area contributed by atoms with Crippen molar-refractivity contribution in [1.82, 2.24) is 0 Å². The largest absolute Gasteiger partial charge is 0.394 e. The molecule has 224 valence electrons. The molecule has 3 rings (SSSR count). The molecule has 0 unspecified atom stereocenters. The van der Waals surface area contributed by atoms with Gasteiger partial charge in [-0.25, -0.2) is 0 Å². The van der Waals surface area contributed by atoms with Crippen molar-refractivity contribution >= 4 is 0 Å². The van der Waals surface area contributed by atoms with Crippen LogP contribution in [0.5, 0.6) is 0 Å². The van der Waals surface area contributed by atoms with Gasteiger partial charge in [-0.3, -0.25) is 0 Å². The molecule has 17 heteroatoms. The van der Waals surface area contributed by atoms with Crippen LogP contribution >= 0.6 is 0 Å². The highest BCUT2D eigenvalue weighted by Gasteiger charge is 2.53. The topological polar surface area (TPSA) is 284 Å². The van der Waals surface area contributed by atoms with Gasteiger partial charge in [0, 0.05) is 0 Å². The molecule has 3 aliphatic rings. The highest BCUT2D eigenvalue weighted by molar-refractivity contribution is 4.96. The van der Waals surface area contributed by atoms with E-state index in [-0.39, 0.29) is 6.61 Å². The number of nitrogens with two attached hydrogens (primary N) is 1. The van der Waals surface area contributed by atoms with E-state index in [2.05, 4.69) is 0 Å².